The molecule has 8 heteroatoms. The Morgan fingerprint density at radius 3 is 2.45 bits per heavy atom. The number of nitrogens with zero attached hydrogens (tertiary/aromatic N) is 1. The lowest BCUT2D eigenvalue weighted by molar-refractivity contribution is -0.120. The fraction of sp³-hybridized carbons (Fsp3) is 0.435. The first-order chi connectivity index (χ1) is 14.4. The summed E-state index contributed by atoms with van der Waals surface area (Å²) >= 11 is 0. The molecule has 1 N–H and O–H groups in total. The van der Waals surface area contributed by atoms with E-state index in [1.807, 2.05) is 52.0 Å². The summed E-state index contributed by atoms with van der Waals surface area (Å²) in [6.45, 7) is 7.44. The fourth-order valence-electron chi connectivity index (χ4n) is 3.66. The Balaban J connectivity index is 1.78. The molecule has 1 amide bonds. The molecular weight excluding hydrogens is 416 g/mol. The number of hydrogen-bond donors (Lipinski definition) is 1. The molecule has 0 aliphatic carbocycles. The second kappa shape index (κ2) is 8.78. The number of ether oxygens (including phenoxy) is 2. The molecule has 1 unspecified atom stereocenters. The topological polar surface area (TPSA) is 84.9 Å². The number of carbonyl (C=O) groups excluding carboxylic acids is 1. The molecule has 0 saturated heterocycles. The highest BCUT2D eigenvalue weighted by molar-refractivity contribution is 7.92. The Bertz CT molecular complexity index is 1030. The van der Waals surface area contributed by atoms with Gasteiger partial charge >= 0.3 is 0 Å². The van der Waals surface area contributed by atoms with Crippen molar-refractivity contribution in [1.29, 1.82) is 0 Å². The van der Waals surface area contributed by atoms with E-state index in [4.69, 9.17) is 9.47 Å². The van der Waals surface area contributed by atoms with Crippen LogP contribution in [0.25, 0.3) is 0 Å². The molecule has 0 fully saturated rings. The van der Waals surface area contributed by atoms with Crippen molar-refractivity contribution in [1.82, 2.24) is 5.32 Å². The Morgan fingerprint density at radius 2 is 1.84 bits per heavy atom. The van der Waals surface area contributed by atoms with Gasteiger partial charge in [-0.25, -0.2) is 8.42 Å². The van der Waals surface area contributed by atoms with Crippen molar-refractivity contribution >= 4 is 21.6 Å². The number of nitrogens with one attached hydrogen (secondary N) is 1. The van der Waals surface area contributed by atoms with E-state index in [9.17, 15) is 13.2 Å². The third-order valence-corrected chi connectivity index (χ3v) is 6.04. The van der Waals surface area contributed by atoms with Gasteiger partial charge in [-0.2, -0.15) is 0 Å². The third kappa shape index (κ3) is 5.91. The predicted molar refractivity (Wildman–Crippen MR) is 121 cm³/mol. The maximum atomic E-state index is 12.9. The number of carbonyl (C=O) groups is 1. The summed E-state index contributed by atoms with van der Waals surface area (Å²) < 4.78 is 37.5. The lowest BCUT2D eigenvalue weighted by Crippen LogP contribution is -2.45. The van der Waals surface area contributed by atoms with Gasteiger partial charge in [0.25, 0.3) is 0 Å². The number of fused-ring (bicyclic) bond motifs is 1. The lowest BCUT2D eigenvalue weighted by Gasteiger charge is -2.38. The molecule has 0 saturated carbocycles. The summed E-state index contributed by atoms with van der Waals surface area (Å²) in [5, 5.41) is 2.99. The van der Waals surface area contributed by atoms with Crippen molar-refractivity contribution in [3.8, 4) is 11.5 Å². The molecule has 0 bridgehead atoms. The number of benzene rings is 2. The minimum atomic E-state index is -3.67. The van der Waals surface area contributed by atoms with Gasteiger partial charge in [0.2, 0.25) is 15.9 Å². The van der Waals surface area contributed by atoms with Crippen LogP contribution in [0.5, 0.6) is 11.5 Å². The average molecular weight is 447 g/mol. The van der Waals surface area contributed by atoms with E-state index < -0.39 is 15.6 Å². The first-order valence-corrected chi connectivity index (χ1v) is 12.1. The number of amides is 1. The van der Waals surface area contributed by atoms with Gasteiger partial charge in [-0.3, -0.25) is 9.10 Å². The standard InChI is InChI=1S/C23H30N2O5S/c1-16(2)29-18-12-10-17(11-13-18)25(31(5,27)28)15-22(26)24-20-14-23(3,4)30-21-9-7-6-8-19(20)21/h6-13,16,20H,14-15H2,1-5H3,(H,24,26). The van der Waals surface area contributed by atoms with Crippen LogP contribution in [0.15, 0.2) is 48.5 Å². The zero-order chi connectivity index (χ0) is 22.8. The Labute approximate surface area is 184 Å². The van der Waals surface area contributed by atoms with Crippen LogP contribution in [0, 0.1) is 0 Å². The largest absolute Gasteiger partial charge is 0.491 e. The van der Waals surface area contributed by atoms with Gasteiger partial charge in [-0.05, 0) is 58.0 Å². The van der Waals surface area contributed by atoms with E-state index in [0.29, 0.717) is 17.9 Å². The van der Waals surface area contributed by atoms with Crippen molar-refractivity contribution in [3.05, 3.63) is 54.1 Å². The van der Waals surface area contributed by atoms with E-state index in [-0.39, 0.29) is 24.6 Å². The van der Waals surface area contributed by atoms with Crippen molar-refractivity contribution in [2.45, 2.75) is 51.9 Å². The van der Waals surface area contributed by atoms with Crippen LogP contribution in [-0.2, 0) is 14.8 Å². The normalized spacial score (nSPS) is 17.4. The van der Waals surface area contributed by atoms with E-state index in [1.165, 1.54) is 0 Å². The molecule has 0 radical (unpaired) electrons. The molecule has 31 heavy (non-hydrogen) atoms. The molecular formula is C23H30N2O5S. The van der Waals surface area contributed by atoms with E-state index in [1.54, 1.807) is 24.3 Å². The molecule has 2 aromatic carbocycles. The van der Waals surface area contributed by atoms with Crippen LogP contribution in [0.2, 0.25) is 0 Å². The van der Waals surface area contributed by atoms with Gasteiger partial charge in [0.05, 0.1) is 24.1 Å². The van der Waals surface area contributed by atoms with Crippen molar-refractivity contribution in [3.63, 3.8) is 0 Å². The molecule has 1 aliphatic heterocycles. The van der Waals surface area contributed by atoms with Gasteiger partial charge in [0.1, 0.15) is 23.6 Å². The Hall–Kier alpha value is -2.74. The molecule has 7 nitrogen and oxygen atoms in total. The number of rotatable bonds is 7. The van der Waals surface area contributed by atoms with Crippen LogP contribution in [0.3, 0.4) is 0 Å². The Kier molecular flexibility index (Phi) is 6.50. The van der Waals surface area contributed by atoms with E-state index in [0.717, 1.165) is 21.9 Å². The van der Waals surface area contributed by atoms with Crippen molar-refractivity contribution in [2.24, 2.45) is 0 Å². The first kappa shape index (κ1) is 22.9. The third-order valence-electron chi connectivity index (χ3n) is 4.90. The predicted octanol–water partition coefficient (Wildman–Crippen LogP) is 3.66. The summed E-state index contributed by atoms with van der Waals surface area (Å²) in [6, 6.07) is 14.0. The second-order valence-electron chi connectivity index (χ2n) is 8.65. The number of hydrogen-bond acceptors (Lipinski definition) is 5. The summed E-state index contributed by atoms with van der Waals surface area (Å²) in [4.78, 5) is 12.9. The quantitative estimate of drug-likeness (QED) is 0.702. The minimum absolute atomic E-state index is 0.00856. The SMILES string of the molecule is CC(C)Oc1ccc(N(CC(=O)NC2CC(C)(C)Oc3ccccc32)S(C)(=O)=O)cc1. The number of anilines is 1. The molecule has 168 valence electrons. The Morgan fingerprint density at radius 1 is 1.19 bits per heavy atom. The first-order valence-electron chi connectivity index (χ1n) is 10.3. The number of sulfonamides is 1. The van der Waals surface area contributed by atoms with Crippen LogP contribution in [-0.4, -0.2) is 38.8 Å². The molecule has 0 spiro atoms. The highest BCUT2D eigenvalue weighted by Gasteiger charge is 2.34. The molecule has 2 aromatic rings. The van der Waals surface area contributed by atoms with Crippen LogP contribution >= 0.6 is 0 Å². The number of para-hydroxylation sites is 1. The van der Waals surface area contributed by atoms with Crippen molar-refractivity contribution < 1.29 is 22.7 Å². The maximum Gasteiger partial charge on any atom is 0.241 e. The molecule has 3 rings (SSSR count). The van der Waals surface area contributed by atoms with Crippen LogP contribution in [0.4, 0.5) is 5.69 Å². The van der Waals surface area contributed by atoms with E-state index in [2.05, 4.69) is 5.32 Å². The lowest BCUT2D eigenvalue weighted by atomic mass is 9.89. The van der Waals surface area contributed by atoms with Crippen molar-refractivity contribution in [2.75, 3.05) is 17.1 Å². The molecule has 1 aliphatic rings. The van der Waals surface area contributed by atoms with Crippen LogP contribution < -0.4 is 19.1 Å². The monoisotopic (exact) mass is 446 g/mol. The molecule has 1 atom stereocenters. The van der Waals surface area contributed by atoms with Gasteiger partial charge in [0, 0.05) is 12.0 Å². The van der Waals surface area contributed by atoms with Gasteiger partial charge in [-0.15, -0.1) is 0 Å². The summed E-state index contributed by atoms with van der Waals surface area (Å²) in [6.07, 6.45) is 1.68. The average Bonchev–Trinajstić information content (AvgIpc) is 2.65. The maximum absolute atomic E-state index is 12.9. The zero-order valence-electron chi connectivity index (χ0n) is 18.6. The van der Waals surface area contributed by atoms with Gasteiger partial charge in [-0.1, -0.05) is 18.2 Å². The highest BCUT2D eigenvalue weighted by Crippen LogP contribution is 2.39. The van der Waals surface area contributed by atoms with Gasteiger partial charge < -0.3 is 14.8 Å². The summed E-state index contributed by atoms with van der Waals surface area (Å²) in [7, 11) is -3.67. The van der Waals surface area contributed by atoms with Gasteiger partial charge in [0.15, 0.2) is 0 Å². The summed E-state index contributed by atoms with van der Waals surface area (Å²) in [5.74, 6) is 0.980. The molecule has 0 aromatic heterocycles. The summed E-state index contributed by atoms with van der Waals surface area (Å²) in [5.41, 5.74) is 0.840. The second-order valence-corrected chi connectivity index (χ2v) is 10.6. The smallest absolute Gasteiger partial charge is 0.241 e. The zero-order valence-corrected chi connectivity index (χ0v) is 19.4. The van der Waals surface area contributed by atoms with E-state index >= 15 is 0 Å². The minimum Gasteiger partial charge on any atom is -0.491 e. The molecule has 1 heterocycles. The van der Waals surface area contributed by atoms with Crippen LogP contribution in [0.1, 0.15) is 45.7 Å². The highest BCUT2D eigenvalue weighted by atomic mass is 32.2. The fourth-order valence-corrected chi connectivity index (χ4v) is 4.52.